The molecular formula is C26H32N6O. The third-order valence-electron chi connectivity index (χ3n) is 7.39. The highest BCUT2D eigenvalue weighted by Crippen LogP contribution is 2.40. The first kappa shape index (κ1) is 20.7. The molecule has 33 heavy (non-hydrogen) atoms. The Kier molecular flexibility index (Phi) is 5.50. The largest absolute Gasteiger partial charge is 0.354 e. The van der Waals surface area contributed by atoms with Crippen molar-refractivity contribution in [2.24, 2.45) is 5.92 Å². The summed E-state index contributed by atoms with van der Waals surface area (Å²) in [6.45, 7) is 6.87. The minimum atomic E-state index is 0.107. The van der Waals surface area contributed by atoms with Crippen molar-refractivity contribution in [2.75, 3.05) is 50.7 Å². The lowest BCUT2D eigenvalue weighted by molar-refractivity contribution is 0.0634. The molecule has 0 radical (unpaired) electrons. The first-order valence-electron chi connectivity index (χ1n) is 12.4. The van der Waals surface area contributed by atoms with Gasteiger partial charge < -0.3 is 14.2 Å². The lowest BCUT2D eigenvalue weighted by Gasteiger charge is -2.39. The summed E-state index contributed by atoms with van der Waals surface area (Å²) in [6, 6.07) is 12.2. The Bertz CT molecular complexity index is 1120. The average molecular weight is 445 g/mol. The Hall–Kier alpha value is -2.93. The van der Waals surface area contributed by atoms with E-state index in [0.717, 1.165) is 69.4 Å². The van der Waals surface area contributed by atoms with Gasteiger partial charge in [0.15, 0.2) is 5.69 Å². The number of carbonyl (C=O) groups is 1. The number of piperazine rings is 1. The van der Waals surface area contributed by atoms with E-state index in [-0.39, 0.29) is 5.91 Å². The monoisotopic (exact) mass is 444 g/mol. The summed E-state index contributed by atoms with van der Waals surface area (Å²) >= 11 is 0. The fraction of sp³-hybridized carbons (Fsp3) is 0.500. The Labute approximate surface area is 195 Å². The maximum absolute atomic E-state index is 13.5. The van der Waals surface area contributed by atoms with Crippen LogP contribution < -0.4 is 4.90 Å². The van der Waals surface area contributed by atoms with E-state index in [9.17, 15) is 4.79 Å². The fourth-order valence-corrected chi connectivity index (χ4v) is 5.46. The van der Waals surface area contributed by atoms with Crippen LogP contribution in [-0.2, 0) is 0 Å². The van der Waals surface area contributed by atoms with Crippen LogP contribution in [-0.4, -0.2) is 75.9 Å². The molecule has 0 N–H and O–H groups in total. The average Bonchev–Trinajstić information content (AvgIpc) is 3.65. The van der Waals surface area contributed by atoms with Crippen molar-refractivity contribution >= 4 is 17.2 Å². The molecule has 2 saturated heterocycles. The zero-order valence-corrected chi connectivity index (χ0v) is 19.1. The number of carbonyl (C=O) groups excluding carboxylic acids is 1. The van der Waals surface area contributed by atoms with Crippen LogP contribution in [0.15, 0.2) is 48.8 Å². The highest BCUT2D eigenvalue weighted by molar-refractivity contribution is 5.99. The van der Waals surface area contributed by atoms with Crippen LogP contribution in [0.2, 0.25) is 0 Å². The predicted octanol–water partition coefficient (Wildman–Crippen LogP) is 3.28. The van der Waals surface area contributed by atoms with Crippen LogP contribution in [0.5, 0.6) is 0 Å². The molecule has 3 aromatic heterocycles. The molecule has 0 spiro atoms. The number of imidazole rings is 1. The second-order valence-corrected chi connectivity index (χ2v) is 9.78. The van der Waals surface area contributed by atoms with Crippen molar-refractivity contribution in [3.8, 4) is 0 Å². The summed E-state index contributed by atoms with van der Waals surface area (Å²) in [7, 11) is 0. The summed E-state index contributed by atoms with van der Waals surface area (Å²) in [5.41, 5.74) is 1.60. The molecule has 3 aliphatic rings. The topological polar surface area (TPSA) is 57.0 Å². The first-order chi connectivity index (χ1) is 16.3. The molecule has 172 valence electrons. The van der Waals surface area contributed by atoms with Crippen LogP contribution in [0.3, 0.4) is 0 Å². The van der Waals surface area contributed by atoms with Crippen molar-refractivity contribution in [2.45, 2.75) is 31.6 Å². The second kappa shape index (κ2) is 8.78. The Morgan fingerprint density at radius 2 is 1.82 bits per heavy atom. The van der Waals surface area contributed by atoms with E-state index in [1.807, 2.05) is 30.5 Å². The molecular weight excluding hydrogens is 412 g/mol. The van der Waals surface area contributed by atoms with Crippen molar-refractivity contribution < 1.29 is 4.79 Å². The number of rotatable bonds is 5. The maximum Gasteiger partial charge on any atom is 0.274 e. The summed E-state index contributed by atoms with van der Waals surface area (Å²) in [4.78, 5) is 29.9. The van der Waals surface area contributed by atoms with Gasteiger partial charge in [0.1, 0.15) is 11.6 Å². The van der Waals surface area contributed by atoms with E-state index in [0.29, 0.717) is 17.5 Å². The smallest absolute Gasteiger partial charge is 0.274 e. The molecule has 5 heterocycles. The SMILES string of the molecule is O=C(c1nc(C2CC2)n2ccccc12)N1CCC[C@H](CN2CCN(c3ccccn3)CC2)C1. The molecule has 0 unspecified atom stereocenters. The number of nitrogens with zero attached hydrogens (tertiary/aromatic N) is 6. The van der Waals surface area contributed by atoms with Gasteiger partial charge in [0.05, 0.1) is 5.52 Å². The Balaban J connectivity index is 1.10. The van der Waals surface area contributed by atoms with Crippen LogP contribution in [0.4, 0.5) is 5.82 Å². The van der Waals surface area contributed by atoms with E-state index < -0.39 is 0 Å². The number of fused-ring (bicyclic) bond motifs is 1. The second-order valence-electron chi connectivity index (χ2n) is 9.78. The number of likely N-dealkylation sites (tertiary alicyclic amines) is 1. The number of pyridine rings is 2. The van der Waals surface area contributed by atoms with Crippen molar-refractivity contribution in [3.05, 3.63) is 60.3 Å². The predicted molar refractivity (Wildman–Crippen MR) is 129 cm³/mol. The van der Waals surface area contributed by atoms with E-state index in [2.05, 4.69) is 42.4 Å². The van der Waals surface area contributed by atoms with Gasteiger partial charge in [-0.2, -0.15) is 0 Å². The molecule has 0 aromatic carbocycles. The van der Waals surface area contributed by atoms with Gasteiger partial charge in [-0.05, 0) is 55.9 Å². The molecule has 7 heteroatoms. The lowest BCUT2D eigenvalue weighted by Crippen LogP contribution is -2.50. The van der Waals surface area contributed by atoms with Gasteiger partial charge in [0, 0.05) is 64.1 Å². The molecule has 3 fully saturated rings. The molecule has 1 saturated carbocycles. The maximum atomic E-state index is 13.5. The van der Waals surface area contributed by atoms with Crippen molar-refractivity contribution in [1.29, 1.82) is 0 Å². The normalized spacial score (nSPS) is 22.1. The van der Waals surface area contributed by atoms with E-state index in [4.69, 9.17) is 4.98 Å². The third kappa shape index (κ3) is 4.22. The Morgan fingerprint density at radius 3 is 2.61 bits per heavy atom. The highest BCUT2D eigenvalue weighted by atomic mass is 16.2. The molecule has 1 amide bonds. The summed E-state index contributed by atoms with van der Waals surface area (Å²) in [6.07, 6.45) is 8.55. The summed E-state index contributed by atoms with van der Waals surface area (Å²) < 4.78 is 2.13. The minimum absolute atomic E-state index is 0.107. The van der Waals surface area contributed by atoms with Gasteiger partial charge in [-0.3, -0.25) is 9.69 Å². The molecule has 6 rings (SSSR count). The zero-order valence-electron chi connectivity index (χ0n) is 19.1. The molecule has 1 aliphatic carbocycles. The standard InChI is InChI=1S/C26H32N6O/c33-26(24-22-7-2-4-13-32(22)25(28-24)21-9-10-21)31-12-5-6-20(19-31)18-29-14-16-30(17-15-29)23-8-1-3-11-27-23/h1-4,7-8,11,13,20-21H,5-6,9-10,12,14-19H2/t20-/m1/s1. The van der Waals surface area contributed by atoms with Crippen LogP contribution in [0.1, 0.15) is 47.9 Å². The van der Waals surface area contributed by atoms with Gasteiger partial charge in [-0.15, -0.1) is 0 Å². The molecule has 0 bridgehead atoms. The zero-order chi connectivity index (χ0) is 22.2. The fourth-order valence-electron chi connectivity index (χ4n) is 5.46. The van der Waals surface area contributed by atoms with Gasteiger partial charge in [-0.25, -0.2) is 9.97 Å². The van der Waals surface area contributed by atoms with Gasteiger partial charge >= 0.3 is 0 Å². The lowest BCUT2D eigenvalue weighted by atomic mass is 9.96. The number of piperidine rings is 1. The highest BCUT2D eigenvalue weighted by Gasteiger charge is 2.33. The summed E-state index contributed by atoms with van der Waals surface area (Å²) in [5.74, 6) is 3.29. The van der Waals surface area contributed by atoms with Crippen LogP contribution >= 0.6 is 0 Å². The molecule has 7 nitrogen and oxygen atoms in total. The molecule has 1 atom stereocenters. The summed E-state index contributed by atoms with van der Waals surface area (Å²) in [5, 5.41) is 0. The first-order valence-corrected chi connectivity index (χ1v) is 12.4. The van der Waals surface area contributed by atoms with Crippen LogP contribution in [0, 0.1) is 5.92 Å². The third-order valence-corrected chi connectivity index (χ3v) is 7.39. The number of hydrogen-bond donors (Lipinski definition) is 0. The van der Waals surface area contributed by atoms with E-state index in [1.165, 1.54) is 19.3 Å². The quantitative estimate of drug-likeness (QED) is 0.605. The minimum Gasteiger partial charge on any atom is -0.354 e. The number of aromatic nitrogens is 3. The van der Waals surface area contributed by atoms with E-state index >= 15 is 0 Å². The number of hydrogen-bond acceptors (Lipinski definition) is 5. The Morgan fingerprint density at radius 1 is 0.970 bits per heavy atom. The van der Waals surface area contributed by atoms with Gasteiger partial charge in [0.25, 0.3) is 5.91 Å². The van der Waals surface area contributed by atoms with Crippen molar-refractivity contribution in [1.82, 2.24) is 24.2 Å². The van der Waals surface area contributed by atoms with E-state index in [1.54, 1.807) is 0 Å². The van der Waals surface area contributed by atoms with Crippen LogP contribution in [0.25, 0.3) is 5.52 Å². The van der Waals surface area contributed by atoms with Crippen molar-refractivity contribution in [3.63, 3.8) is 0 Å². The number of anilines is 1. The van der Waals surface area contributed by atoms with Gasteiger partial charge in [0.2, 0.25) is 0 Å². The molecule has 2 aliphatic heterocycles. The van der Waals surface area contributed by atoms with Gasteiger partial charge in [-0.1, -0.05) is 12.1 Å². The molecule has 3 aromatic rings. The number of amides is 1.